The van der Waals surface area contributed by atoms with Crippen molar-refractivity contribution in [3.8, 4) is 5.75 Å². The average Bonchev–Trinajstić information content (AvgIpc) is 1.88. The maximum atomic E-state index is 14.5. The number of rotatable bonds is 10. The lowest BCUT2D eigenvalue weighted by atomic mass is 9.98. The van der Waals surface area contributed by atoms with Gasteiger partial charge in [0.25, 0.3) is 0 Å². The lowest BCUT2D eigenvalue weighted by Gasteiger charge is -2.34. The number of primary amides is 1. The van der Waals surface area contributed by atoms with Gasteiger partial charge in [-0.05, 0) is 75.5 Å². The number of nitrogens with zero attached hydrogens (tertiary/aromatic N) is 2. The Morgan fingerprint density at radius 1 is 0.602 bits per heavy atom. The molecule has 0 spiro atoms. The molecule has 4 fully saturated rings. The molecule has 0 radical (unpaired) electrons. The maximum Gasteiger partial charge on any atom is 0.248 e. The van der Waals surface area contributed by atoms with Crippen LogP contribution >= 0.6 is 43.2 Å². The van der Waals surface area contributed by atoms with Crippen molar-refractivity contribution in [3.63, 3.8) is 0 Å². The van der Waals surface area contributed by atoms with Crippen molar-refractivity contribution in [2.24, 2.45) is 23.3 Å². The third-order valence-electron chi connectivity index (χ3n) is 14.7. The van der Waals surface area contributed by atoms with Crippen LogP contribution in [0.2, 0.25) is 0 Å². The predicted molar refractivity (Wildman–Crippen MR) is 327 cm³/mol. The monoisotopic (exact) mass is 1310 g/mol. The van der Waals surface area contributed by atoms with Crippen LogP contribution in [0.4, 0.5) is 0 Å². The summed E-state index contributed by atoms with van der Waals surface area (Å²) >= 11 is 0. The number of phenols is 1. The highest BCUT2D eigenvalue weighted by Gasteiger charge is 2.46. The lowest BCUT2D eigenvalue weighted by Crippen LogP contribution is -2.62. The normalized spacial score (nSPS) is 29.2. The van der Waals surface area contributed by atoms with Gasteiger partial charge in [-0.25, -0.2) is 0 Å². The first-order valence-electron chi connectivity index (χ1n) is 28.8. The van der Waals surface area contributed by atoms with Gasteiger partial charge in [0.05, 0.1) is 19.3 Å². The number of nitrogens with one attached hydrogen (secondary N) is 10. The van der Waals surface area contributed by atoms with Crippen LogP contribution in [0.1, 0.15) is 79.2 Å². The number of benzene rings is 1. The Bertz CT molecular complexity index is 2720. The molecule has 34 heteroatoms. The smallest absolute Gasteiger partial charge is 0.248 e. The minimum Gasteiger partial charge on any atom is -0.508 e. The molecule has 4 aliphatic rings. The third kappa shape index (κ3) is 20.7. The Balaban J connectivity index is 1.62. The first-order chi connectivity index (χ1) is 41.6. The van der Waals surface area contributed by atoms with Gasteiger partial charge in [0.15, 0.2) is 0 Å². The van der Waals surface area contributed by atoms with E-state index in [0.717, 1.165) is 48.1 Å². The van der Waals surface area contributed by atoms with E-state index in [4.69, 9.17) is 11.5 Å². The number of carbonyl (C=O) groups is 13. The number of phenolic OH excluding ortho intramolecular Hbond substituents is 1. The van der Waals surface area contributed by atoms with Gasteiger partial charge in [-0.2, -0.15) is 0 Å². The van der Waals surface area contributed by atoms with Gasteiger partial charge >= 0.3 is 0 Å². The molecule has 13 atom stereocenters. The summed E-state index contributed by atoms with van der Waals surface area (Å²) in [6, 6.07) is -11.9. The molecule has 17 N–H and O–H groups in total. The van der Waals surface area contributed by atoms with Gasteiger partial charge in [0.2, 0.25) is 76.8 Å². The summed E-state index contributed by atoms with van der Waals surface area (Å²) in [5.41, 5.74) is 11.9. The number of hydrogen-bond donors (Lipinski definition) is 15. The highest BCUT2D eigenvalue weighted by Crippen LogP contribution is 2.29. The van der Waals surface area contributed by atoms with Crippen molar-refractivity contribution >= 4 is 120 Å². The number of aliphatic hydroxyl groups is 2. The molecule has 0 unspecified atom stereocenters. The second-order valence-corrected chi connectivity index (χ2v) is 27.6. The summed E-state index contributed by atoms with van der Waals surface area (Å²) < 4.78 is 0. The molecule has 0 saturated carbocycles. The Hall–Kier alpha value is -6.59. The first-order valence-corrected chi connectivity index (χ1v) is 33.8. The minimum atomic E-state index is -1.84. The number of aliphatic hydroxyl groups excluding tert-OH is 2. The lowest BCUT2D eigenvalue weighted by molar-refractivity contribution is -0.149. The van der Waals surface area contributed by atoms with Crippen molar-refractivity contribution in [1.82, 2.24) is 63.0 Å². The van der Waals surface area contributed by atoms with Crippen LogP contribution in [-0.2, 0) is 68.7 Å². The zero-order valence-corrected chi connectivity index (χ0v) is 53.0. The van der Waals surface area contributed by atoms with E-state index in [1.807, 2.05) is 0 Å². The van der Waals surface area contributed by atoms with Crippen LogP contribution in [0, 0.1) is 11.8 Å². The van der Waals surface area contributed by atoms with E-state index < -0.39 is 180 Å². The van der Waals surface area contributed by atoms with Crippen molar-refractivity contribution in [3.05, 3.63) is 29.8 Å². The zero-order valence-electron chi connectivity index (χ0n) is 49.7. The fraction of sp³-hybridized carbons (Fsp3) is 0.648. The number of amides is 13. The fourth-order valence-corrected chi connectivity index (χ4v) is 14.5. The molecular weight excluding hydrogens is 1230 g/mol. The molecule has 0 aliphatic carbocycles. The zero-order chi connectivity index (χ0) is 65.1. The van der Waals surface area contributed by atoms with Crippen molar-refractivity contribution < 1.29 is 77.6 Å². The largest absolute Gasteiger partial charge is 0.508 e. The number of hydrogen-bond acceptors (Lipinski definition) is 21. The van der Waals surface area contributed by atoms with Gasteiger partial charge in [0.1, 0.15) is 78.3 Å². The topological polar surface area (TPSA) is 461 Å². The summed E-state index contributed by atoms with van der Waals surface area (Å²) in [5.74, 6) is -13.9. The number of fused-ring (bicyclic) bond motifs is 10. The summed E-state index contributed by atoms with van der Waals surface area (Å²) in [4.78, 5) is 186. The van der Waals surface area contributed by atoms with E-state index in [-0.39, 0.29) is 67.7 Å². The molecule has 13 amide bonds. The molecule has 4 aliphatic heterocycles. The van der Waals surface area contributed by atoms with Crippen LogP contribution in [0.3, 0.4) is 0 Å². The highest BCUT2D eigenvalue weighted by molar-refractivity contribution is 8.77. The van der Waals surface area contributed by atoms with Crippen molar-refractivity contribution in [1.29, 1.82) is 0 Å². The first kappa shape index (κ1) is 72.2. The van der Waals surface area contributed by atoms with Crippen LogP contribution in [0.15, 0.2) is 24.3 Å². The van der Waals surface area contributed by atoms with Crippen LogP contribution < -0.4 is 64.6 Å². The molecule has 2 bridgehead atoms. The molecular formula is C54H82N14O16S4. The predicted octanol–water partition coefficient (Wildman–Crippen LogP) is -4.91. The van der Waals surface area contributed by atoms with Crippen LogP contribution in [0.5, 0.6) is 5.75 Å². The van der Waals surface area contributed by atoms with Crippen LogP contribution in [0.25, 0.3) is 0 Å². The highest BCUT2D eigenvalue weighted by atomic mass is 33.1. The molecule has 4 heterocycles. The summed E-state index contributed by atoms with van der Waals surface area (Å²) in [5, 5.41) is 57.1. The number of carbonyl (C=O) groups excluding carboxylic acids is 13. The van der Waals surface area contributed by atoms with Crippen LogP contribution in [-0.4, -0.2) is 230 Å². The Kier molecular flexibility index (Phi) is 28.2. The van der Waals surface area contributed by atoms with E-state index >= 15 is 0 Å². The Morgan fingerprint density at radius 3 is 1.70 bits per heavy atom. The van der Waals surface area contributed by atoms with E-state index in [1.165, 1.54) is 43.0 Å². The molecule has 4 saturated heterocycles. The average molecular weight is 1310 g/mol. The molecule has 88 heavy (non-hydrogen) atoms. The quantitative estimate of drug-likeness (QED) is 0.0977. The van der Waals surface area contributed by atoms with E-state index in [9.17, 15) is 77.6 Å². The Labute approximate surface area is 524 Å². The van der Waals surface area contributed by atoms with Gasteiger partial charge in [-0.1, -0.05) is 83.0 Å². The van der Waals surface area contributed by atoms with Gasteiger partial charge in [-0.15, -0.1) is 0 Å². The Morgan fingerprint density at radius 2 is 1.12 bits per heavy atom. The molecule has 488 valence electrons. The molecule has 1 aromatic rings. The van der Waals surface area contributed by atoms with E-state index in [0.29, 0.717) is 18.4 Å². The molecule has 5 rings (SSSR count). The fourth-order valence-electron chi connectivity index (χ4n) is 9.85. The van der Waals surface area contributed by atoms with E-state index in [1.54, 1.807) is 27.7 Å². The van der Waals surface area contributed by atoms with Crippen molar-refractivity contribution in [2.75, 3.05) is 49.3 Å². The van der Waals surface area contributed by atoms with Gasteiger partial charge in [0, 0.05) is 42.5 Å². The minimum absolute atomic E-state index is 0.00189. The SMILES string of the molecule is CC(C)C[C@@H]1NC(=O)[C@H](C(C)C)NC(=O)[C@H](C)NC(=O)[C@H]2CSSC[C@H](NC(=O)CN)C(=O)N[C@@H](CSSC[C@@H](C(N)=O)NC(=O)[C@H](Cc3ccc(O)cc3)NC1=O)C(=O)N[C@@H](CO)C(=O)N[C@@H]([C@@H](C)O)C(=O)N1CCC[C@H]1C(=O)N1CCC[C@H]1C(=O)N2. The van der Waals surface area contributed by atoms with E-state index in [2.05, 4.69) is 53.2 Å². The van der Waals surface area contributed by atoms with Gasteiger partial charge < -0.3 is 89.8 Å². The standard InChI is InChI=1S/C54H82N14O16S4/c1-25(2)17-31-45(75)59-32(18-29-11-13-30(71)14-12-29)46(76)62-34(43(56)73)21-85-87-24-37-50(80)61-33(20-69)47(77)66-42(28(6)70)54(84)68-16-8-10-39(68)53(83)67-15-7-9-38(67)51(81)64-36(23-88-86-22-35(49(79)63-37)58-40(72)19-55)48(78)57-27(5)44(74)65-41(26(3)4)52(82)60-31/h11-14,25-28,31-39,41-42,69-71H,7-10,15-24,55H2,1-6H3,(H2,56,73)(H,57,78)(H,58,72)(H,59,75)(H,60,82)(H,61,80)(H,62,76)(H,63,79)(H,64,81)(H,65,74)(H,66,77)/t27-,28+,31-,32-,33-,34-,35-,36+,37-,38-,39-,41-,42-/m0/s1. The second kappa shape index (κ2) is 34.4. The number of aromatic hydroxyl groups is 1. The third-order valence-corrected chi connectivity index (χ3v) is 19.6. The van der Waals surface area contributed by atoms with Crippen molar-refractivity contribution in [2.45, 2.75) is 159 Å². The second-order valence-electron chi connectivity index (χ2n) is 22.5. The summed E-state index contributed by atoms with van der Waals surface area (Å²) in [6.07, 6.45) is -0.893. The molecule has 1 aromatic carbocycles. The number of nitrogens with two attached hydrogens (primary N) is 2. The summed E-state index contributed by atoms with van der Waals surface area (Å²) in [6.45, 7) is 7.71. The summed E-state index contributed by atoms with van der Waals surface area (Å²) in [7, 11) is 3.62. The van der Waals surface area contributed by atoms with Gasteiger partial charge in [-0.3, -0.25) is 62.3 Å². The molecule has 30 nitrogen and oxygen atoms in total. The molecule has 0 aromatic heterocycles. The maximum absolute atomic E-state index is 14.5.